The molecule has 0 atom stereocenters. The van der Waals surface area contributed by atoms with Gasteiger partial charge in [-0.1, -0.05) is 23.2 Å². The summed E-state index contributed by atoms with van der Waals surface area (Å²) in [6.07, 6.45) is 0. The van der Waals surface area contributed by atoms with Crippen LogP contribution in [0.4, 0.5) is 5.69 Å². The number of benzene rings is 1. The number of ether oxygens (including phenoxy) is 1. The Morgan fingerprint density at radius 1 is 1.25 bits per heavy atom. The Labute approximate surface area is 104 Å². The van der Waals surface area contributed by atoms with Gasteiger partial charge in [0.15, 0.2) is 0 Å². The Balaban J connectivity index is 2.92. The van der Waals surface area contributed by atoms with E-state index >= 15 is 0 Å². The van der Waals surface area contributed by atoms with Crippen LogP contribution in [0.3, 0.4) is 0 Å². The summed E-state index contributed by atoms with van der Waals surface area (Å²) in [5, 5.41) is 21.5. The average Bonchev–Trinajstić information content (AvgIpc) is 2.29. The van der Waals surface area contributed by atoms with Crippen molar-refractivity contribution in [3.8, 4) is 5.75 Å². The van der Waals surface area contributed by atoms with Crippen molar-refractivity contribution in [2.24, 2.45) is 0 Å². The van der Waals surface area contributed by atoms with E-state index in [1.54, 1.807) is 12.1 Å². The quantitative estimate of drug-likeness (QED) is 0.760. The third kappa shape index (κ3) is 3.15. The predicted molar refractivity (Wildman–Crippen MR) is 64.6 cm³/mol. The minimum atomic E-state index is -0.470. The van der Waals surface area contributed by atoms with E-state index in [1.165, 1.54) is 7.11 Å². The van der Waals surface area contributed by atoms with Crippen molar-refractivity contribution in [1.82, 2.24) is 0 Å². The minimum absolute atomic E-state index is 0.198. The molecule has 1 aromatic rings. The number of nitrogens with one attached hydrogen (secondary N) is 1. The van der Waals surface area contributed by atoms with Gasteiger partial charge in [-0.2, -0.15) is 0 Å². The molecule has 16 heavy (non-hydrogen) atoms. The zero-order chi connectivity index (χ0) is 12.1. The normalized spacial score (nSPS) is 10.6. The van der Waals surface area contributed by atoms with Gasteiger partial charge in [0, 0.05) is 6.07 Å². The van der Waals surface area contributed by atoms with E-state index in [0.717, 1.165) is 0 Å². The Kier molecular flexibility index (Phi) is 5.15. The van der Waals surface area contributed by atoms with Gasteiger partial charge in [0.1, 0.15) is 5.75 Å². The second kappa shape index (κ2) is 6.15. The lowest BCUT2D eigenvalue weighted by molar-refractivity contribution is 0.204. The van der Waals surface area contributed by atoms with E-state index in [0.29, 0.717) is 21.5 Å². The Morgan fingerprint density at radius 3 is 2.38 bits per heavy atom. The molecule has 0 aromatic heterocycles. The fourth-order valence-corrected chi connectivity index (χ4v) is 1.61. The molecule has 0 amide bonds. The zero-order valence-electron chi connectivity index (χ0n) is 8.70. The molecule has 0 heterocycles. The van der Waals surface area contributed by atoms with Crippen molar-refractivity contribution < 1.29 is 14.9 Å². The van der Waals surface area contributed by atoms with Gasteiger partial charge in [-0.25, -0.2) is 0 Å². The largest absolute Gasteiger partial charge is 0.495 e. The first-order valence-electron chi connectivity index (χ1n) is 4.63. The number of hydrogen-bond acceptors (Lipinski definition) is 4. The minimum Gasteiger partial charge on any atom is -0.495 e. The van der Waals surface area contributed by atoms with E-state index in [-0.39, 0.29) is 13.2 Å². The average molecular weight is 266 g/mol. The van der Waals surface area contributed by atoms with Crippen molar-refractivity contribution in [3.05, 3.63) is 22.2 Å². The van der Waals surface area contributed by atoms with Gasteiger partial charge in [-0.05, 0) is 6.07 Å². The second-order valence-electron chi connectivity index (χ2n) is 3.17. The first kappa shape index (κ1) is 13.4. The summed E-state index contributed by atoms with van der Waals surface area (Å²) in [6, 6.07) is 2.68. The molecule has 1 rings (SSSR count). The molecule has 0 fully saturated rings. The van der Waals surface area contributed by atoms with Gasteiger partial charge in [0.05, 0.1) is 42.1 Å². The van der Waals surface area contributed by atoms with E-state index in [1.807, 2.05) is 0 Å². The summed E-state index contributed by atoms with van der Waals surface area (Å²) in [7, 11) is 1.49. The highest BCUT2D eigenvalue weighted by Gasteiger charge is 2.11. The van der Waals surface area contributed by atoms with Crippen molar-refractivity contribution in [2.75, 3.05) is 25.6 Å². The fraction of sp³-hybridized carbons (Fsp3) is 0.400. The van der Waals surface area contributed by atoms with Crippen LogP contribution in [0.2, 0.25) is 10.0 Å². The zero-order valence-corrected chi connectivity index (χ0v) is 10.2. The summed E-state index contributed by atoms with van der Waals surface area (Å²) in [5.41, 5.74) is 0.542. The van der Waals surface area contributed by atoms with Crippen LogP contribution in [0.25, 0.3) is 0 Å². The predicted octanol–water partition coefficient (Wildman–Crippen LogP) is 1.77. The Bertz CT molecular complexity index is 356. The lowest BCUT2D eigenvalue weighted by Gasteiger charge is -2.17. The summed E-state index contributed by atoms with van der Waals surface area (Å²) >= 11 is 11.9. The molecule has 90 valence electrons. The summed E-state index contributed by atoms with van der Waals surface area (Å²) in [4.78, 5) is 0. The number of aliphatic hydroxyl groups is 2. The third-order valence-corrected chi connectivity index (χ3v) is 2.65. The van der Waals surface area contributed by atoms with E-state index in [9.17, 15) is 0 Å². The number of hydrogen-bond donors (Lipinski definition) is 3. The standard InChI is InChI=1S/C10H13Cl2NO3/c1-16-10-3-7(11)9(2-8(10)12)13-6(4-14)5-15/h2-3,6,13-15H,4-5H2,1H3. The molecule has 0 aliphatic carbocycles. The number of halogens is 2. The maximum absolute atomic E-state index is 8.93. The lowest BCUT2D eigenvalue weighted by Crippen LogP contribution is -2.27. The molecule has 0 bridgehead atoms. The van der Waals surface area contributed by atoms with Gasteiger partial charge in [-0.3, -0.25) is 0 Å². The third-order valence-electron chi connectivity index (χ3n) is 2.04. The van der Waals surface area contributed by atoms with Crippen LogP contribution in [0.5, 0.6) is 5.75 Å². The van der Waals surface area contributed by atoms with Crippen LogP contribution in [0.15, 0.2) is 12.1 Å². The Morgan fingerprint density at radius 2 is 1.88 bits per heavy atom. The van der Waals surface area contributed by atoms with E-state index in [4.69, 9.17) is 38.2 Å². The highest BCUT2D eigenvalue weighted by atomic mass is 35.5. The van der Waals surface area contributed by atoms with Gasteiger partial charge in [0.2, 0.25) is 0 Å². The molecule has 3 N–H and O–H groups in total. The van der Waals surface area contributed by atoms with Crippen LogP contribution in [-0.4, -0.2) is 36.6 Å². The molecule has 0 aliphatic rings. The molecule has 0 unspecified atom stereocenters. The monoisotopic (exact) mass is 265 g/mol. The molecular weight excluding hydrogens is 253 g/mol. The summed E-state index contributed by atoms with van der Waals surface area (Å²) in [5.74, 6) is 0.474. The molecule has 6 heteroatoms. The first-order valence-corrected chi connectivity index (χ1v) is 5.39. The second-order valence-corrected chi connectivity index (χ2v) is 3.99. The van der Waals surface area contributed by atoms with Crippen LogP contribution in [-0.2, 0) is 0 Å². The molecular formula is C10H13Cl2NO3. The fourth-order valence-electron chi connectivity index (χ4n) is 1.16. The summed E-state index contributed by atoms with van der Waals surface area (Å²) in [6.45, 7) is -0.396. The molecule has 4 nitrogen and oxygen atoms in total. The molecule has 0 aliphatic heterocycles. The smallest absolute Gasteiger partial charge is 0.139 e. The van der Waals surface area contributed by atoms with Crippen LogP contribution in [0.1, 0.15) is 0 Å². The Hall–Kier alpha value is -0.680. The molecule has 0 spiro atoms. The van der Waals surface area contributed by atoms with Crippen LogP contribution >= 0.6 is 23.2 Å². The van der Waals surface area contributed by atoms with Gasteiger partial charge in [-0.15, -0.1) is 0 Å². The van der Waals surface area contributed by atoms with Gasteiger partial charge < -0.3 is 20.3 Å². The highest BCUT2D eigenvalue weighted by molar-refractivity contribution is 6.36. The number of rotatable bonds is 5. The lowest BCUT2D eigenvalue weighted by atomic mass is 10.2. The molecule has 0 radical (unpaired) electrons. The topological polar surface area (TPSA) is 61.7 Å². The number of aliphatic hydroxyl groups excluding tert-OH is 2. The SMILES string of the molecule is COc1cc(Cl)c(NC(CO)CO)cc1Cl. The van der Waals surface area contributed by atoms with Crippen molar-refractivity contribution in [3.63, 3.8) is 0 Å². The van der Waals surface area contributed by atoms with Crippen molar-refractivity contribution in [1.29, 1.82) is 0 Å². The maximum Gasteiger partial charge on any atom is 0.139 e. The van der Waals surface area contributed by atoms with Crippen molar-refractivity contribution >= 4 is 28.9 Å². The van der Waals surface area contributed by atoms with Crippen molar-refractivity contribution in [2.45, 2.75) is 6.04 Å². The highest BCUT2D eigenvalue weighted by Crippen LogP contribution is 2.34. The number of anilines is 1. The van der Waals surface area contributed by atoms with Crippen LogP contribution in [0, 0.1) is 0 Å². The molecule has 0 saturated heterocycles. The van der Waals surface area contributed by atoms with E-state index < -0.39 is 6.04 Å². The summed E-state index contributed by atoms with van der Waals surface area (Å²) < 4.78 is 5.00. The first-order chi connectivity index (χ1) is 7.62. The van der Waals surface area contributed by atoms with Gasteiger partial charge >= 0.3 is 0 Å². The molecule has 0 saturated carbocycles. The molecule has 1 aromatic carbocycles. The number of methoxy groups -OCH3 is 1. The van der Waals surface area contributed by atoms with E-state index in [2.05, 4.69) is 5.32 Å². The van der Waals surface area contributed by atoms with Crippen LogP contribution < -0.4 is 10.1 Å². The maximum atomic E-state index is 8.93. The van der Waals surface area contributed by atoms with Gasteiger partial charge in [0.25, 0.3) is 0 Å².